The number of hydrogen-bond donors (Lipinski definition) is 2. The molecule has 0 spiro atoms. The van der Waals surface area contributed by atoms with Gasteiger partial charge in [-0.2, -0.15) is 0 Å². The maximum absolute atomic E-state index is 12.3. The Morgan fingerprint density at radius 1 is 1.24 bits per heavy atom. The summed E-state index contributed by atoms with van der Waals surface area (Å²) in [6.45, 7) is 3.38. The molecule has 0 saturated heterocycles. The molecule has 0 bridgehead atoms. The van der Waals surface area contributed by atoms with Crippen molar-refractivity contribution in [3.05, 3.63) is 29.8 Å². The van der Waals surface area contributed by atoms with Gasteiger partial charge in [0.05, 0.1) is 19.1 Å². The number of ether oxygens (including phenoxy) is 2. The van der Waals surface area contributed by atoms with Crippen molar-refractivity contribution < 1.29 is 24.2 Å². The van der Waals surface area contributed by atoms with Crippen LogP contribution in [0.3, 0.4) is 0 Å². The van der Waals surface area contributed by atoms with Gasteiger partial charge in [-0.15, -0.1) is 0 Å². The fraction of sp³-hybridized carbons (Fsp3) is 0.467. The second-order valence-corrected chi connectivity index (χ2v) is 5.17. The Bertz CT molecular complexity index is 495. The molecule has 0 aliphatic rings. The number of carboxylic acid groups (broad SMARTS) is 1. The number of benzene rings is 1. The second kappa shape index (κ2) is 7.08. The number of rotatable bonds is 7. The SMILES string of the molecule is COCC(NC(=O)C(C)(C)c1ccc(OC)cc1)C(=O)O. The third-order valence-corrected chi connectivity index (χ3v) is 3.32. The molecular weight excluding hydrogens is 274 g/mol. The number of methoxy groups -OCH3 is 2. The number of hydrogen-bond acceptors (Lipinski definition) is 4. The third kappa shape index (κ3) is 4.19. The molecule has 0 aliphatic carbocycles. The topological polar surface area (TPSA) is 84.9 Å². The van der Waals surface area contributed by atoms with Gasteiger partial charge in [0.2, 0.25) is 5.91 Å². The molecule has 6 nitrogen and oxygen atoms in total. The maximum Gasteiger partial charge on any atom is 0.328 e. The Morgan fingerprint density at radius 3 is 2.24 bits per heavy atom. The molecule has 0 aromatic heterocycles. The van der Waals surface area contributed by atoms with Gasteiger partial charge in [0.25, 0.3) is 0 Å². The number of nitrogens with one attached hydrogen (secondary N) is 1. The fourth-order valence-electron chi connectivity index (χ4n) is 1.82. The van der Waals surface area contributed by atoms with Crippen LogP contribution in [0.1, 0.15) is 19.4 Å². The average Bonchev–Trinajstić information content (AvgIpc) is 2.46. The summed E-state index contributed by atoms with van der Waals surface area (Å²) >= 11 is 0. The van der Waals surface area contributed by atoms with E-state index in [1.54, 1.807) is 45.2 Å². The molecule has 21 heavy (non-hydrogen) atoms. The van der Waals surface area contributed by atoms with Crippen LogP contribution in [-0.4, -0.2) is 43.9 Å². The van der Waals surface area contributed by atoms with E-state index in [2.05, 4.69) is 5.32 Å². The van der Waals surface area contributed by atoms with E-state index in [9.17, 15) is 9.59 Å². The molecule has 0 heterocycles. The lowest BCUT2D eigenvalue weighted by atomic mass is 9.83. The minimum atomic E-state index is -1.13. The van der Waals surface area contributed by atoms with Gasteiger partial charge in [0, 0.05) is 7.11 Å². The summed E-state index contributed by atoms with van der Waals surface area (Å²) in [6, 6.07) is 6.01. The molecule has 1 amide bonds. The quantitative estimate of drug-likeness (QED) is 0.789. The van der Waals surface area contributed by atoms with Crippen LogP contribution in [0.25, 0.3) is 0 Å². The molecule has 1 rings (SSSR count). The van der Waals surface area contributed by atoms with Crippen molar-refractivity contribution in [1.29, 1.82) is 0 Å². The van der Waals surface area contributed by atoms with Gasteiger partial charge in [-0.3, -0.25) is 4.79 Å². The second-order valence-electron chi connectivity index (χ2n) is 5.17. The van der Waals surface area contributed by atoms with Crippen molar-refractivity contribution >= 4 is 11.9 Å². The molecule has 6 heteroatoms. The molecule has 1 aromatic carbocycles. The van der Waals surface area contributed by atoms with E-state index >= 15 is 0 Å². The summed E-state index contributed by atoms with van der Waals surface area (Å²) < 4.78 is 9.88. The van der Waals surface area contributed by atoms with Crippen LogP contribution in [-0.2, 0) is 19.7 Å². The van der Waals surface area contributed by atoms with E-state index < -0.39 is 17.4 Å². The minimum absolute atomic E-state index is 0.0836. The predicted molar refractivity (Wildman–Crippen MR) is 77.5 cm³/mol. The van der Waals surface area contributed by atoms with Crippen LogP contribution in [0.5, 0.6) is 5.75 Å². The van der Waals surface area contributed by atoms with Crippen molar-refractivity contribution in [2.24, 2.45) is 0 Å². The Hall–Kier alpha value is -2.08. The Kier molecular flexibility index (Phi) is 5.72. The van der Waals surface area contributed by atoms with Crippen LogP contribution >= 0.6 is 0 Å². The van der Waals surface area contributed by atoms with E-state index in [0.717, 1.165) is 5.56 Å². The Morgan fingerprint density at radius 2 is 1.81 bits per heavy atom. The first-order valence-corrected chi connectivity index (χ1v) is 6.50. The summed E-state index contributed by atoms with van der Waals surface area (Å²) in [7, 11) is 2.95. The molecule has 0 radical (unpaired) electrons. The number of amides is 1. The van der Waals surface area contributed by atoms with Crippen LogP contribution in [0.2, 0.25) is 0 Å². The van der Waals surface area contributed by atoms with Gasteiger partial charge in [0.1, 0.15) is 5.75 Å². The van der Waals surface area contributed by atoms with Gasteiger partial charge < -0.3 is 19.9 Å². The van der Waals surface area contributed by atoms with E-state index in [1.807, 2.05) is 0 Å². The fourth-order valence-corrected chi connectivity index (χ4v) is 1.82. The van der Waals surface area contributed by atoms with E-state index in [0.29, 0.717) is 5.75 Å². The van der Waals surface area contributed by atoms with Crippen LogP contribution in [0, 0.1) is 0 Å². The molecule has 0 fully saturated rings. The number of carbonyl (C=O) groups excluding carboxylic acids is 1. The average molecular weight is 295 g/mol. The maximum atomic E-state index is 12.3. The van der Waals surface area contributed by atoms with Crippen molar-refractivity contribution in [3.63, 3.8) is 0 Å². The van der Waals surface area contributed by atoms with E-state index in [1.165, 1.54) is 7.11 Å². The first-order valence-electron chi connectivity index (χ1n) is 6.50. The summed E-state index contributed by atoms with van der Waals surface area (Å²) in [4.78, 5) is 23.4. The van der Waals surface area contributed by atoms with Gasteiger partial charge >= 0.3 is 5.97 Å². The van der Waals surface area contributed by atoms with Gasteiger partial charge in [-0.1, -0.05) is 12.1 Å². The van der Waals surface area contributed by atoms with Crippen LogP contribution < -0.4 is 10.1 Å². The van der Waals surface area contributed by atoms with Gasteiger partial charge in [0.15, 0.2) is 6.04 Å². The third-order valence-electron chi connectivity index (χ3n) is 3.32. The van der Waals surface area contributed by atoms with Crippen molar-refractivity contribution in [1.82, 2.24) is 5.32 Å². The summed E-state index contributed by atoms with van der Waals surface area (Å²) in [6.07, 6.45) is 0. The Balaban J connectivity index is 2.89. The lowest BCUT2D eigenvalue weighted by Gasteiger charge is -2.26. The first kappa shape index (κ1) is 17.0. The molecule has 1 unspecified atom stereocenters. The Labute approximate surface area is 124 Å². The summed E-state index contributed by atoms with van der Waals surface area (Å²) in [5, 5.41) is 11.5. The molecule has 0 saturated carbocycles. The zero-order valence-electron chi connectivity index (χ0n) is 12.7. The largest absolute Gasteiger partial charge is 0.497 e. The molecule has 0 aliphatic heterocycles. The molecular formula is C15H21NO5. The van der Waals surface area contributed by atoms with Gasteiger partial charge in [-0.05, 0) is 31.5 Å². The van der Waals surface area contributed by atoms with Crippen molar-refractivity contribution in [2.45, 2.75) is 25.3 Å². The predicted octanol–water partition coefficient (Wildman–Crippen LogP) is 1.19. The first-order chi connectivity index (χ1) is 9.82. The zero-order chi connectivity index (χ0) is 16.0. The highest BCUT2D eigenvalue weighted by Gasteiger charge is 2.33. The molecule has 116 valence electrons. The lowest BCUT2D eigenvalue weighted by molar-refractivity contribution is -0.144. The summed E-state index contributed by atoms with van der Waals surface area (Å²) in [5.74, 6) is -0.814. The minimum Gasteiger partial charge on any atom is -0.497 e. The highest BCUT2D eigenvalue weighted by atomic mass is 16.5. The highest BCUT2D eigenvalue weighted by Crippen LogP contribution is 2.25. The number of carbonyl (C=O) groups is 2. The van der Waals surface area contributed by atoms with Crippen LogP contribution in [0.4, 0.5) is 0 Å². The van der Waals surface area contributed by atoms with Crippen molar-refractivity contribution in [2.75, 3.05) is 20.8 Å². The van der Waals surface area contributed by atoms with Gasteiger partial charge in [-0.25, -0.2) is 4.79 Å². The van der Waals surface area contributed by atoms with E-state index in [4.69, 9.17) is 14.6 Å². The molecule has 1 atom stereocenters. The normalized spacial score (nSPS) is 12.6. The lowest BCUT2D eigenvalue weighted by Crippen LogP contribution is -2.50. The van der Waals surface area contributed by atoms with Crippen LogP contribution in [0.15, 0.2) is 24.3 Å². The molecule has 2 N–H and O–H groups in total. The smallest absolute Gasteiger partial charge is 0.328 e. The standard InChI is InChI=1S/C15H21NO5/c1-15(2,10-5-7-11(21-4)8-6-10)14(19)16-12(9-20-3)13(17)18/h5-8,12H,9H2,1-4H3,(H,16,19)(H,17,18). The van der Waals surface area contributed by atoms with E-state index in [-0.39, 0.29) is 12.5 Å². The monoisotopic (exact) mass is 295 g/mol. The number of aliphatic carboxylic acids is 1. The summed E-state index contributed by atoms with van der Waals surface area (Å²) in [5.41, 5.74) is -0.101. The zero-order valence-corrected chi connectivity index (χ0v) is 12.7. The van der Waals surface area contributed by atoms with Crippen molar-refractivity contribution in [3.8, 4) is 5.75 Å². The highest BCUT2D eigenvalue weighted by molar-refractivity contribution is 5.90. The molecule has 1 aromatic rings. The number of carboxylic acids is 1.